The Labute approximate surface area is 131 Å². The number of halogens is 2. The minimum atomic E-state index is -1.08. The van der Waals surface area contributed by atoms with Crippen LogP contribution in [0, 0.1) is 0 Å². The highest BCUT2D eigenvalue weighted by molar-refractivity contribution is 9.10. The highest BCUT2D eigenvalue weighted by Crippen LogP contribution is 2.31. The number of anilines is 1. The smallest absolute Gasteiger partial charge is 0.247 e. The molecule has 0 aliphatic heterocycles. The fourth-order valence-electron chi connectivity index (χ4n) is 1.95. The van der Waals surface area contributed by atoms with E-state index in [1.54, 1.807) is 19.1 Å². The van der Waals surface area contributed by atoms with Gasteiger partial charge in [-0.3, -0.25) is 4.79 Å². The molecule has 0 heterocycles. The third-order valence-corrected chi connectivity index (χ3v) is 4.00. The molecule has 104 valence electrons. The van der Waals surface area contributed by atoms with Gasteiger partial charge in [0, 0.05) is 20.7 Å². The number of carbonyl (C=O) groups is 1. The van der Waals surface area contributed by atoms with Crippen molar-refractivity contribution in [3.8, 4) is 0 Å². The minimum absolute atomic E-state index is 0.492. The van der Waals surface area contributed by atoms with Crippen LogP contribution in [-0.4, -0.2) is 5.91 Å². The molecule has 1 unspecified atom stereocenters. The lowest BCUT2D eigenvalue weighted by Gasteiger charge is -2.30. The average Bonchev–Trinajstić information content (AvgIpc) is 2.41. The van der Waals surface area contributed by atoms with Crippen molar-refractivity contribution in [3.63, 3.8) is 0 Å². The van der Waals surface area contributed by atoms with E-state index in [9.17, 15) is 4.79 Å². The number of benzene rings is 2. The lowest BCUT2D eigenvalue weighted by molar-refractivity contribution is -0.122. The summed E-state index contributed by atoms with van der Waals surface area (Å²) < 4.78 is 0.960. The first kappa shape index (κ1) is 14.9. The molecule has 0 saturated carbocycles. The van der Waals surface area contributed by atoms with E-state index in [0.29, 0.717) is 10.6 Å². The number of hydrogen-bond acceptors (Lipinski definition) is 2. The van der Waals surface area contributed by atoms with Crippen molar-refractivity contribution in [1.82, 2.24) is 0 Å². The molecule has 0 fully saturated rings. The van der Waals surface area contributed by atoms with Crippen LogP contribution >= 0.6 is 27.5 Å². The maximum absolute atomic E-state index is 11.9. The Hall–Kier alpha value is -1.52. The molecule has 0 aliphatic rings. The monoisotopic (exact) mass is 352 g/mol. The van der Waals surface area contributed by atoms with Gasteiger partial charge in [0.2, 0.25) is 5.91 Å². The van der Waals surface area contributed by atoms with Gasteiger partial charge in [-0.05, 0) is 37.3 Å². The molecule has 20 heavy (non-hydrogen) atoms. The molecule has 1 amide bonds. The molecule has 0 saturated heterocycles. The standard InChI is InChI=1S/C15H14BrClN2O/c1-15(14(18)20,12-4-2-3-5-13(12)17)19-11-8-6-10(16)7-9-11/h2-9,19H,1H3,(H2,18,20). The largest absolute Gasteiger partial charge is 0.368 e. The topological polar surface area (TPSA) is 55.1 Å². The van der Waals surface area contributed by atoms with Crippen LogP contribution in [0.1, 0.15) is 12.5 Å². The highest BCUT2D eigenvalue weighted by Gasteiger charge is 2.34. The summed E-state index contributed by atoms with van der Waals surface area (Å²) in [6.45, 7) is 1.72. The van der Waals surface area contributed by atoms with Gasteiger partial charge in [-0.15, -0.1) is 0 Å². The quantitative estimate of drug-likeness (QED) is 0.875. The summed E-state index contributed by atoms with van der Waals surface area (Å²) in [6, 6.07) is 14.7. The Morgan fingerprint density at radius 2 is 1.80 bits per heavy atom. The van der Waals surface area contributed by atoms with Crippen LogP contribution in [-0.2, 0) is 10.3 Å². The van der Waals surface area contributed by atoms with Gasteiger partial charge in [0.15, 0.2) is 0 Å². The molecular formula is C15H14BrClN2O. The van der Waals surface area contributed by atoms with Crippen molar-refractivity contribution in [2.45, 2.75) is 12.5 Å². The van der Waals surface area contributed by atoms with Crippen molar-refractivity contribution >= 4 is 39.1 Å². The minimum Gasteiger partial charge on any atom is -0.368 e. The first-order valence-corrected chi connectivity index (χ1v) is 7.19. The zero-order valence-corrected chi connectivity index (χ0v) is 13.2. The molecule has 3 N–H and O–H groups in total. The fourth-order valence-corrected chi connectivity index (χ4v) is 2.54. The Morgan fingerprint density at radius 3 is 2.35 bits per heavy atom. The Morgan fingerprint density at radius 1 is 1.20 bits per heavy atom. The molecule has 0 spiro atoms. The first-order valence-electron chi connectivity index (χ1n) is 6.02. The normalized spacial score (nSPS) is 13.6. The molecule has 0 aliphatic carbocycles. The molecule has 0 bridgehead atoms. The van der Waals surface area contributed by atoms with Crippen molar-refractivity contribution in [2.75, 3.05) is 5.32 Å². The Balaban J connectivity index is 2.43. The highest BCUT2D eigenvalue weighted by atomic mass is 79.9. The van der Waals surface area contributed by atoms with Gasteiger partial charge in [-0.2, -0.15) is 0 Å². The average molecular weight is 354 g/mol. The van der Waals surface area contributed by atoms with E-state index in [-0.39, 0.29) is 0 Å². The van der Waals surface area contributed by atoms with Gasteiger partial charge in [-0.25, -0.2) is 0 Å². The molecule has 2 aromatic rings. The summed E-state index contributed by atoms with van der Waals surface area (Å²) in [7, 11) is 0. The summed E-state index contributed by atoms with van der Waals surface area (Å²) in [5, 5.41) is 3.66. The van der Waals surface area contributed by atoms with E-state index in [2.05, 4.69) is 21.2 Å². The summed E-state index contributed by atoms with van der Waals surface area (Å²) >= 11 is 9.56. The van der Waals surface area contributed by atoms with Gasteiger partial charge in [-0.1, -0.05) is 45.7 Å². The van der Waals surface area contributed by atoms with Crippen LogP contribution in [0.3, 0.4) is 0 Å². The maximum atomic E-state index is 11.9. The van der Waals surface area contributed by atoms with Crippen molar-refractivity contribution in [1.29, 1.82) is 0 Å². The zero-order valence-electron chi connectivity index (χ0n) is 10.9. The van der Waals surface area contributed by atoms with Crippen LogP contribution < -0.4 is 11.1 Å². The molecule has 3 nitrogen and oxygen atoms in total. The molecule has 0 aromatic heterocycles. The Kier molecular flexibility index (Phi) is 4.35. The van der Waals surface area contributed by atoms with E-state index in [1.165, 1.54) is 0 Å². The van der Waals surface area contributed by atoms with Crippen LogP contribution in [0.5, 0.6) is 0 Å². The van der Waals surface area contributed by atoms with E-state index in [0.717, 1.165) is 10.2 Å². The second kappa shape index (κ2) is 5.85. The maximum Gasteiger partial charge on any atom is 0.247 e. The predicted octanol–water partition coefficient (Wildman–Crippen LogP) is 3.92. The van der Waals surface area contributed by atoms with Gasteiger partial charge in [0.05, 0.1) is 0 Å². The number of primary amides is 1. The van der Waals surface area contributed by atoms with Gasteiger partial charge < -0.3 is 11.1 Å². The van der Waals surface area contributed by atoms with Crippen LogP contribution in [0.25, 0.3) is 0 Å². The number of carbonyl (C=O) groups excluding carboxylic acids is 1. The molecule has 5 heteroatoms. The second-order valence-electron chi connectivity index (χ2n) is 4.60. The van der Waals surface area contributed by atoms with Gasteiger partial charge in [0.25, 0.3) is 0 Å². The fraction of sp³-hybridized carbons (Fsp3) is 0.133. The predicted molar refractivity (Wildman–Crippen MR) is 85.8 cm³/mol. The molecule has 2 rings (SSSR count). The van der Waals surface area contributed by atoms with Crippen molar-refractivity contribution in [2.24, 2.45) is 5.73 Å². The third kappa shape index (κ3) is 2.97. The summed E-state index contributed by atoms with van der Waals surface area (Å²) in [5.41, 5.74) is 5.94. The molecule has 0 radical (unpaired) electrons. The first-order chi connectivity index (χ1) is 9.43. The zero-order chi connectivity index (χ0) is 14.8. The number of nitrogens with two attached hydrogens (primary N) is 1. The van der Waals surface area contributed by atoms with E-state index in [1.807, 2.05) is 36.4 Å². The number of nitrogens with one attached hydrogen (secondary N) is 1. The lowest BCUT2D eigenvalue weighted by Crippen LogP contribution is -2.45. The van der Waals surface area contributed by atoms with E-state index >= 15 is 0 Å². The number of rotatable bonds is 4. The van der Waals surface area contributed by atoms with E-state index < -0.39 is 11.4 Å². The van der Waals surface area contributed by atoms with Crippen molar-refractivity contribution < 1.29 is 4.79 Å². The molecular weight excluding hydrogens is 340 g/mol. The van der Waals surface area contributed by atoms with Crippen LogP contribution in [0.4, 0.5) is 5.69 Å². The number of amides is 1. The summed E-state index contributed by atoms with van der Waals surface area (Å²) in [6.07, 6.45) is 0. The molecule has 2 aromatic carbocycles. The Bertz CT molecular complexity index is 630. The van der Waals surface area contributed by atoms with Crippen LogP contribution in [0.2, 0.25) is 5.02 Å². The van der Waals surface area contributed by atoms with Gasteiger partial charge >= 0.3 is 0 Å². The molecule has 1 atom stereocenters. The van der Waals surface area contributed by atoms with E-state index in [4.69, 9.17) is 17.3 Å². The van der Waals surface area contributed by atoms with Crippen LogP contribution in [0.15, 0.2) is 53.0 Å². The van der Waals surface area contributed by atoms with Crippen molar-refractivity contribution in [3.05, 3.63) is 63.6 Å². The lowest BCUT2D eigenvalue weighted by atomic mass is 9.90. The summed E-state index contributed by atoms with van der Waals surface area (Å²) in [4.78, 5) is 11.9. The SMILES string of the molecule is CC(Nc1ccc(Br)cc1)(C(N)=O)c1ccccc1Cl. The second-order valence-corrected chi connectivity index (χ2v) is 5.92. The van der Waals surface area contributed by atoms with Gasteiger partial charge in [0.1, 0.15) is 5.54 Å². The third-order valence-electron chi connectivity index (χ3n) is 3.14. The summed E-state index contributed by atoms with van der Waals surface area (Å²) in [5.74, 6) is -0.492. The number of hydrogen-bond donors (Lipinski definition) is 2.